The van der Waals surface area contributed by atoms with E-state index in [-0.39, 0.29) is 24.4 Å². The molecule has 0 aromatic heterocycles. The molecule has 96 valence electrons. The van der Waals surface area contributed by atoms with Gasteiger partial charge < -0.3 is 10.2 Å². The minimum absolute atomic E-state index is 0.0636. The molecule has 0 radical (unpaired) electrons. The van der Waals surface area contributed by atoms with Gasteiger partial charge in [0.2, 0.25) is 11.8 Å². The topological polar surface area (TPSA) is 49.4 Å². The Balaban J connectivity index is 2.29. The molecule has 2 amide bonds. The highest BCUT2D eigenvalue weighted by molar-refractivity contribution is 6.30. The zero-order chi connectivity index (χ0) is 13.3. The number of rotatable bonds is 2. The number of halogens is 1. The van der Waals surface area contributed by atoms with E-state index in [9.17, 15) is 9.59 Å². The first-order valence-electron chi connectivity index (χ1n) is 5.85. The number of nitrogens with one attached hydrogen (secondary N) is 1. The zero-order valence-electron chi connectivity index (χ0n) is 10.3. The summed E-state index contributed by atoms with van der Waals surface area (Å²) in [5.41, 5.74) is 0.928. The first-order chi connectivity index (χ1) is 8.50. The van der Waals surface area contributed by atoms with Gasteiger partial charge in [0.25, 0.3) is 0 Å². The number of benzene rings is 1. The third-order valence-corrected chi connectivity index (χ3v) is 3.48. The van der Waals surface area contributed by atoms with Crippen LogP contribution in [0.1, 0.15) is 25.5 Å². The van der Waals surface area contributed by atoms with Crippen molar-refractivity contribution in [3.63, 3.8) is 0 Å². The molecule has 0 aliphatic carbocycles. The van der Waals surface area contributed by atoms with Crippen LogP contribution in [0, 0.1) is 0 Å². The van der Waals surface area contributed by atoms with Gasteiger partial charge in [-0.15, -0.1) is 0 Å². The number of piperazine rings is 1. The fourth-order valence-electron chi connectivity index (χ4n) is 2.22. The second kappa shape index (κ2) is 4.98. The molecular formula is C13H15ClN2O2. The monoisotopic (exact) mass is 266 g/mol. The molecule has 0 saturated carbocycles. The summed E-state index contributed by atoms with van der Waals surface area (Å²) in [6, 6.07) is 6.72. The molecule has 1 aromatic carbocycles. The number of hydrogen-bond donors (Lipinski definition) is 1. The summed E-state index contributed by atoms with van der Waals surface area (Å²) in [7, 11) is 0. The fourth-order valence-corrected chi connectivity index (χ4v) is 2.42. The number of carbonyl (C=O) groups is 2. The van der Waals surface area contributed by atoms with E-state index < -0.39 is 6.04 Å². The molecule has 2 atom stereocenters. The van der Waals surface area contributed by atoms with Gasteiger partial charge in [-0.05, 0) is 31.5 Å². The van der Waals surface area contributed by atoms with Crippen molar-refractivity contribution in [3.8, 4) is 0 Å². The third kappa shape index (κ3) is 2.34. The van der Waals surface area contributed by atoms with Gasteiger partial charge in [0, 0.05) is 5.02 Å². The Morgan fingerprint density at radius 3 is 2.83 bits per heavy atom. The van der Waals surface area contributed by atoms with Crippen molar-refractivity contribution in [3.05, 3.63) is 34.9 Å². The molecule has 0 spiro atoms. The molecule has 1 aromatic rings. The van der Waals surface area contributed by atoms with Gasteiger partial charge in [0.1, 0.15) is 6.04 Å². The van der Waals surface area contributed by atoms with Crippen molar-refractivity contribution in [1.29, 1.82) is 0 Å². The highest BCUT2D eigenvalue weighted by Gasteiger charge is 2.34. The molecule has 5 heteroatoms. The van der Waals surface area contributed by atoms with Crippen molar-refractivity contribution < 1.29 is 9.59 Å². The van der Waals surface area contributed by atoms with E-state index >= 15 is 0 Å². The van der Waals surface area contributed by atoms with E-state index in [1.807, 2.05) is 25.1 Å². The molecule has 1 aliphatic heterocycles. The lowest BCUT2D eigenvalue weighted by Crippen LogP contribution is -2.57. The second-order valence-corrected chi connectivity index (χ2v) is 4.86. The van der Waals surface area contributed by atoms with Gasteiger partial charge in [-0.1, -0.05) is 23.7 Å². The van der Waals surface area contributed by atoms with Crippen LogP contribution in [0.15, 0.2) is 24.3 Å². The lowest BCUT2D eigenvalue weighted by atomic mass is 10.0. The summed E-state index contributed by atoms with van der Waals surface area (Å²) < 4.78 is 0. The standard InChI is InChI=1S/C13H15ClN2O2/c1-8(10-4-3-5-11(14)6-10)16-9(2)13(18)15-7-12(16)17/h3-6,8-9H,7H2,1-2H3,(H,15,18). The number of carbonyl (C=O) groups excluding carboxylic acids is 2. The second-order valence-electron chi connectivity index (χ2n) is 4.43. The summed E-state index contributed by atoms with van der Waals surface area (Å²) in [5.74, 6) is -0.196. The molecule has 1 saturated heterocycles. The number of amides is 2. The maximum atomic E-state index is 11.9. The van der Waals surface area contributed by atoms with Gasteiger partial charge in [0.05, 0.1) is 12.6 Å². The zero-order valence-corrected chi connectivity index (χ0v) is 11.1. The highest BCUT2D eigenvalue weighted by atomic mass is 35.5. The molecule has 1 N–H and O–H groups in total. The Kier molecular flexibility index (Phi) is 3.57. The summed E-state index contributed by atoms with van der Waals surface area (Å²) in [6.07, 6.45) is 0. The molecule has 0 bridgehead atoms. The van der Waals surface area contributed by atoms with Crippen LogP contribution in [0.3, 0.4) is 0 Å². The van der Waals surface area contributed by atoms with Gasteiger partial charge in [-0.25, -0.2) is 0 Å². The van der Waals surface area contributed by atoms with Crippen molar-refractivity contribution in [1.82, 2.24) is 10.2 Å². The van der Waals surface area contributed by atoms with Crippen LogP contribution >= 0.6 is 11.6 Å². The molecular weight excluding hydrogens is 252 g/mol. The van der Waals surface area contributed by atoms with E-state index in [0.717, 1.165) is 5.56 Å². The molecule has 1 heterocycles. The van der Waals surface area contributed by atoms with Crippen molar-refractivity contribution in [2.24, 2.45) is 0 Å². The van der Waals surface area contributed by atoms with Gasteiger partial charge in [-0.2, -0.15) is 0 Å². The van der Waals surface area contributed by atoms with E-state index in [1.54, 1.807) is 17.9 Å². The number of nitrogens with zero attached hydrogens (tertiary/aromatic N) is 1. The Bertz CT molecular complexity index is 490. The van der Waals surface area contributed by atoms with Crippen molar-refractivity contribution >= 4 is 23.4 Å². The summed E-state index contributed by atoms with van der Waals surface area (Å²) >= 11 is 5.95. The summed E-state index contributed by atoms with van der Waals surface area (Å²) in [6.45, 7) is 3.69. The third-order valence-electron chi connectivity index (χ3n) is 3.25. The first kappa shape index (κ1) is 12.9. The van der Waals surface area contributed by atoms with E-state index in [1.165, 1.54) is 0 Å². The predicted molar refractivity (Wildman–Crippen MR) is 69.2 cm³/mol. The molecule has 1 aliphatic rings. The Morgan fingerprint density at radius 2 is 2.17 bits per heavy atom. The average molecular weight is 267 g/mol. The van der Waals surface area contributed by atoms with Crippen molar-refractivity contribution in [2.45, 2.75) is 25.9 Å². The Hall–Kier alpha value is -1.55. The highest BCUT2D eigenvalue weighted by Crippen LogP contribution is 2.26. The molecule has 18 heavy (non-hydrogen) atoms. The molecule has 4 nitrogen and oxygen atoms in total. The number of hydrogen-bond acceptors (Lipinski definition) is 2. The maximum absolute atomic E-state index is 11.9. The smallest absolute Gasteiger partial charge is 0.243 e. The summed E-state index contributed by atoms with van der Waals surface area (Å²) in [5, 5.41) is 3.20. The maximum Gasteiger partial charge on any atom is 0.243 e. The van der Waals surface area contributed by atoms with Gasteiger partial charge in [-0.3, -0.25) is 9.59 Å². The van der Waals surface area contributed by atoms with Crippen LogP contribution in [0.5, 0.6) is 0 Å². The largest absolute Gasteiger partial charge is 0.345 e. The Labute approximate surface area is 111 Å². The van der Waals surface area contributed by atoms with E-state index in [4.69, 9.17) is 11.6 Å². The van der Waals surface area contributed by atoms with Crippen LogP contribution in [0.2, 0.25) is 5.02 Å². The van der Waals surface area contributed by atoms with Crippen LogP contribution in [0.25, 0.3) is 0 Å². The lowest BCUT2D eigenvalue weighted by molar-refractivity contribution is -0.147. The minimum Gasteiger partial charge on any atom is -0.345 e. The predicted octanol–water partition coefficient (Wildman–Crippen LogP) is 1.75. The SMILES string of the molecule is CC1C(=O)NCC(=O)N1C(C)c1cccc(Cl)c1. The Morgan fingerprint density at radius 1 is 1.44 bits per heavy atom. The van der Waals surface area contributed by atoms with Crippen LogP contribution in [-0.2, 0) is 9.59 Å². The minimum atomic E-state index is -0.458. The van der Waals surface area contributed by atoms with Crippen LogP contribution in [-0.4, -0.2) is 29.3 Å². The van der Waals surface area contributed by atoms with E-state index in [0.29, 0.717) is 5.02 Å². The average Bonchev–Trinajstić information content (AvgIpc) is 2.34. The molecule has 2 rings (SSSR count). The fraction of sp³-hybridized carbons (Fsp3) is 0.385. The van der Waals surface area contributed by atoms with Crippen LogP contribution in [0.4, 0.5) is 0 Å². The molecule has 2 unspecified atom stereocenters. The van der Waals surface area contributed by atoms with Crippen LogP contribution < -0.4 is 5.32 Å². The molecule has 1 fully saturated rings. The van der Waals surface area contributed by atoms with Crippen molar-refractivity contribution in [2.75, 3.05) is 6.54 Å². The first-order valence-corrected chi connectivity index (χ1v) is 6.23. The lowest BCUT2D eigenvalue weighted by Gasteiger charge is -2.37. The van der Waals surface area contributed by atoms with E-state index in [2.05, 4.69) is 5.32 Å². The quantitative estimate of drug-likeness (QED) is 0.887. The van der Waals surface area contributed by atoms with Gasteiger partial charge >= 0.3 is 0 Å². The van der Waals surface area contributed by atoms with Gasteiger partial charge in [0.15, 0.2) is 0 Å². The summed E-state index contributed by atoms with van der Waals surface area (Å²) in [4.78, 5) is 25.2. The normalized spacial score (nSPS) is 21.7.